The molecule has 0 aliphatic rings. The Morgan fingerprint density at radius 3 is 2.37 bits per heavy atom. The molecule has 0 fully saturated rings. The van der Waals surface area contributed by atoms with Gasteiger partial charge in [-0.1, -0.05) is 54.1 Å². The lowest BCUT2D eigenvalue weighted by Crippen LogP contribution is -2.32. The molecule has 7 nitrogen and oxygen atoms in total. The molecule has 2 N–H and O–H groups in total. The Labute approximate surface area is 177 Å². The molecule has 0 aromatic heterocycles. The third kappa shape index (κ3) is 5.76. The van der Waals surface area contributed by atoms with Crippen molar-refractivity contribution in [2.24, 2.45) is 5.10 Å². The standard InChI is InChI=1S/C22H16ClN3O4/c23-18-11-4-5-12-19(18)25-20(27)21(28)26-24-14-15-7-6-10-17(13-15)30-22(29)16-8-2-1-3-9-16/h1-14H,(H,25,27)(H,26,28)/b24-14+. The molecule has 2 amide bonds. The average Bonchev–Trinajstić information content (AvgIpc) is 2.76. The Morgan fingerprint density at radius 2 is 1.60 bits per heavy atom. The minimum atomic E-state index is -0.960. The van der Waals surface area contributed by atoms with Crippen LogP contribution in [0.2, 0.25) is 5.02 Å². The van der Waals surface area contributed by atoms with Gasteiger partial charge in [-0.15, -0.1) is 0 Å². The normalized spacial score (nSPS) is 10.4. The predicted molar refractivity (Wildman–Crippen MR) is 114 cm³/mol. The fraction of sp³-hybridized carbons (Fsp3) is 0. The number of para-hydroxylation sites is 1. The van der Waals surface area contributed by atoms with Gasteiger partial charge in [0.1, 0.15) is 5.75 Å². The highest BCUT2D eigenvalue weighted by Gasteiger charge is 2.14. The van der Waals surface area contributed by atoms with Crippen LogP contribution in [0, 0.1) is 0 Å². The van der Waals surface area contributed by atoms with Gasteiger partial charge in [-0.05, 0) is 42.0 Å². The number of halogens is 1. The fourth-order valence-electron chi connectivity index (χ4n) is 2.36. The number of carbonyl (C=O) groups excluding carboxylic acids is 3. The monoisotopic (exact) mass is 421 g/mol. The molecule has 8 heteroatoms. The van der Waals surface area contributed by atoms with Gasteiger partial charge in [0.05, 0.1) is 22.5 Å². The van der Waals surface area contributed by atoms with Gasteiger partial charge < -0.3 is 10.1 Å². The number of hydrazone groups is 1. The molecule has 0 aliphatic heterocycles. The maximum atomic E-state index is 12.1. The van der Waals surface area contributed by atoms with Crippen molar-refractivity contribution in [3.8, 4) is 5.75 Å². The summed E-state index contributed by atoms with van der Waals surface area (Å²) >= 11 is 5.94. The summed E-state index contributed by atoms with van der Waals surface area (Å²) < 4.78 is 5.32. The largest absolute Gasteiger partial charge is 0.423 e. The number of hydrogen-bond donors (Lipinski definition) is 2. The van der Waals surface area contributed by atoms with E-state index in [4.69, 9.17) is 16.3 Å². The zero-order chi connectivity index (χ0) is 21.3. The fourth-order valence-corrected chi connectivity index (χ4v) is 2.54. The number of anilines is 1. The molecule has 3 aromatic rings. The molecule has 0 saturated heterocycles. The highest BCUT2D eigenvalue weighted by molar-refractivity contribution is 6.41. The summed E-state index contributed by atoms with van der Waals surface area (Å²) in [5, 5.41) is 6.45. The lowest BCUT2D eigenvalue weighted by atomic mass is 10.2. The van der Waals surface area contributed by atoms with E-state index in [2.05, 4.69) is 15.8 Å². The van der Waals surface area contributed by atoms with Crippen LogP contribution in [0.15, 0.2) is 84.0 Å². The van der Waals surface area contributed by atoms with Crippen molar-refractivity contribution < 1.29 is 19.1 Å². The molecule has 150 valence electrons. The molecule has 0 bridgehead atoms. The Hall–Kier alpha value is -3.97. The van der Waals surface area contributed by atoms with E-state index in [1.807, 2.05) is 0 Å². The number of ether oxygens (including phenoxy) is 1. The topological polar surface area (TPSA) is 96.9 Å². The number of benzene rings is 3. The highest BCUT2D eigenvalue weighted by Crippen LogP contribution is 2.20. The second-order valence-electron chi connectivity index (χ2n) is 5.96. The van der Waals surface area contributed by atoms with E-state index in [9.17, 15) is 14.4 Å². The Morgan fingerprint density at radius 1 is 0.867 bits per heavy atom. The zero-order valence-corrected chi connectivity index (χ0v) is 16.3. The number of amides is 2. The van der Waals surface area contributed by atoms with E-state index in [-0.39, 0.29) is 0 Å². The van der Waals surface area contributed by atoms with Crippen molar-refractivity contribution in [3.63, 3.8) is 0 Å². The molecule has 3 rings (SSSR count). The van der Waals surface area contributed by atoms with Gasteiger partial charge in [-0.3, -0.25) is 9.59 Å². The first-order chi connectivity index (χ1) is 14.5. The lowest BCUT2D eigenvalue weighted by Gasteiger charge is -2.06. The van der Waals surface area contributed by atoms with Crippen LogP contribution in [0.5, 0.6) is 5.75 Å². The number of rotatable bonds is 5. The number of carbonyl (C=O) groups is 3. The van der Waals surface area contributed by atoms with Crippen molar-refractivity contribution in [1.82, 2.24) is 5.43 Å². The molecule has 0 aliphatic carbocycles. The van der Waals surface area contributed by atoms with Crippen molar-refractivity contribution in [2.45, 2.75) is 0 Å². The summed E-state index contributed by atoms with van der Waals surface area (Å²) in [6.07, 6.45) is 1.32. The number of nitrogens with one attached hydrogen (secondary N) is 2. The van der Waals surface area contributed by atoms with Crippen LogP contribution in [-0.4, -0.2) is 24.0 Å². The van der Waals surface area contributed by atoms with Gasteiger partial charge in [0.25, 0.3) is 0 Å². The average molecular weight is 422 g/mol. The van der Waals surface area contributed by atoms with Gasteiger partial charge in [0, 0.05) is 0 Å². The van der Waals surface area contributed by atoms with E-state index in [0.29, 0.717) is 27.6 Å². The second-order valence-corrected chi connectivity index (χ2v) is 6.37. The number of hydrogen-bond acceptors (Lipinski definition) is 5. The Bertz CT molecular complexity index is 1100. The quantitative estimate of drug-likeness (QED) is 0.216. The van der Waals surface area contributed by atoms with Gasteiger partial charge >= 0.3 is 17.8 Å². The van der Waals surface area contributed by atoms with Crippen LogP contribution >= 0.6 is 11.6 Å². The molecule has 0 saturated carbocycles. The molecular weight excluding hydrogens is 406 g/mol. The summed E-state index contributed by atoms with van der Waals surface area (Å²) in [5.74, 6) is -2.05. The predicted octanol–water partition coefficient (Wildman–Crippen LogP) is 3.65. The third-order valence-electron chi connectivity index (χ3n) is 3.79. The summed E-state index contributed by atoms with van der Waals surface area (Å²) in [4.78, 5) is 35.9. The first-order valence-corrected chi connectivity index (χ1v) is 9.17. The van der Waals surface area contributed by atoms with Crippen molar-refractivity contribution in [3.05, 3.63) is 95.0 Å². The molecule has 3 aromatic carbocycles. The van der Waals surface area contributed by atoms with Crippen LogP contribution in [0.1, 0.15) is 15.9 Å². The van der Waals surface area contributed by atoms with E-state index >= 15 is 0 Å². The second kappa shape index (κ2) is 9.99. The smallest absolute Gasteiger partial charge is 0.343 e. The zero-order valence-electron chi connectivity index (χ0n) is 15.5. The van der Waals surface area contributed by atoms with E-state index in [1.54, 1.807) is 78.9 Å². The minimum absolute atomic E-state index is 0.309. The first kappa shape index (κ1) is 20.8. The van der Waals surface area contributed by atoms with Crippen LogP contribution in [-0.2, 0) is 9.59 Å². The van der Waals surface area contributed by atoms with E-state index in [0.717, 1.165) is 0 Å². The number of nitrogens with zero attached hydrogens (tertiary/aromatic N) is 1. The molecule has 0 atom stereocenters. The summed E-state index contributed by atoms with van der Waals surface area (Å²) in [7, 11) is 0. The van der Waals surface area contributed by atoms with Crippen LogP contribution in [0.25, 0.3) is 0 Å². The van der Waals surface area contributed by atoms with Gasteiger partial charge in [0.15, 0.2) is 0 Å². The lowest BCUT2D eigenvalue weighted by molar-refractivity contribution is -0.136. The number of esters is 1. The highest BCUT2D eigenvalue weighted by atomic mass is 35.5. The van der Waals surface area contributed by atoms with Crippen molar-refractivity contribution in [2.75, 3.05) is 5.32 Å². The van der Waals surface area contributed by atoms with Crippen LogP contribution in [0.4, 0.5) is 5.69 Å². The van der Waals surface area contributed by atoms with Gasteiger partial charge in [0.2, 0.25) is 0 Å². The van der Waals surface area contributed by atoms with Crippen LogP contribution in [0.3, 0.4) is 0 Å². The molecule has 0 spiro atoms. The van der Waals surface area contributed by atoms with E-state index < -0.39 is 17.8 Å². The van der Waals surface area contributed by atoms with Gasteiger partial charge in [-0.25, -0.2) is 10.2 Å². The summed E-state index contributed by atoms with van der Waals surface area (Å²) in [6, 6.07) is 21.7. The first-order valence-electron chi connectivity index (χ1n) is 8.79. The summed E-state index contributed by atoms with van der Waals surface area (Å²) in [5.41, 5.74) is 3.42. The third-order valence-corrected chi connectivity index (χ3v) is 4.12. The Kier molecular flexibility index (Phi) is 6.91. The minimum Gasteiger partial charge on any atom is -0.423 e. The maximum Gasteiger partial charge on any atom is 0.343 e. The van der Waals surface area contributed by atoms with Crippen molar-refractivity contribution in [1.29, 1.82) is 0 Å². The SMILES string of the molecule is O=C(N/N=C/c1cccc(OC(=O)c2ccccc2)c1)C(=O)Nc1ccccc1Cl. The molecule has 0 radical (unpaired) electrons. The molecule has 0 heterocycles. The van der Waals surface area contributed by atoms with Gasteiger partial charge in [-0.2, -0.15) is 5.10 Å². The van der Waals surface area contributed by atoms with E-state index in [1.165, 1.54) is 6.21 Å². The molecule has 0 unspecified atom stereocenters. The van der Waals surface area contributed by atoms with Crippen molar-refractivity contribution >= 4 is 41.3 Å². The maximum absolute atomic E-state index is 12.1. The van der Waals surface area contributed by atoms with Crippen LogP contribution < -0.4 is 15.5 Å². The summed E-state index contributed by atoms with van der Waals surface area (Å²) in [6.45, 7) is 0. The molecule has 30 heavy (non-hydrogen) atoms. The Balaban J connectivity index is 1.56. The molecular formula is C22H16ClN3O4.